The first-order valence-corrected chi connectivity index (χ1v) is 9.16. The van der Waals surface area contributed by atoms with Crippen molar-refractivity contribution in [2.24, 2.45) is 5.16 Å². The molecular formula is C21H19F3N2O3. The Morgan fingerprint density at radius 1 is 1.21 bits per heavy atom. The predicted octanol–water partition coefficient (Wildman–Crippen LogP) is 4.12. The zero-order chi connectivity index (χ0) is 20.6. The smallest absolute Gasteiger partial charge is 0.416 e. The van der Waals surface area contributed by atoms with Gasteiger partial charge in [0.05, 0.1) is 24.9 Å². The van der Waals surface area contributed by atoms with Crippen LogP contribution in [-0.4, -0.2) is 42.3 Å². The lowest BCUT2D eigenvalue weighted by Crippen LogP contribution is -2.36. The zero-order valence-electron chi connectivity index (χ0n) is 15.7. The number of benzene rings is 2. The van der Waals surface area contributed by atoms with Crippen LogP contribution < -0.4 is 4.74 Å². The van der Waals surface area contributed by atoms with Gasteiger partial charge in [0.15, 0.2) is 5.60 Å². The highest BCUT2D eigenvalue weighted by atomic mass is 19.4. The summed E-state index contributed by atoms with van der Waals surface area (Å²) in [7, 11) is 1.56. The molecule has 0 N–H and O–H groups in total. The number of alkyl halides is 3. The second-order valence-electron chi connectivity index (χ2n) is 7.27. The lowest BCUT2D eigenvalue weighted by atomic mass is 9.93. The summed E-state index contributed by atoms with van der Waals surface area (Å²) >= 11 is 0. The van der Waals surface area contributed by atoms with Gasteiger partial charge in [-0.15, -0.1) is 0 Å². The van der Waals surface area contributed by atoms with Crippen molar-refractivity contribution in [1.82, 2.24) is 4.90 Å². The molecule has 2 aromatic rings. The van der Waals surface area contributed by atoms with Gasteiger partial charge in [-0.3, -0.25) is 4.79 Å². The van der Waals surface area contributed by atoms with Crippen LogP contribution in [0.1, 0.15) is 34.3 Å². The molecule has 2 aliphatic heterocycles. The monoisotopic (exact) mass is 404 g/mol. The van der Waals surface area contributed by atoms with E-state index < -0.39 is 17.3 Å². The van der Waals surface area contributed by atoms with Crippen LogP contribution in [0.3, 0.4) is 0 Å². The lowest BCUT2D eigenvalue weighted by Gasteiger charge is -2.22. The Hall–Kier alpha value is -3.03. The van der Waals surface area contributed by atoms with E-state index >= 15 is 0 Å². The average Bonchev–Trinajstić information content (AvgIpc) is 3.34. The molecule has 1 atom stereocenters. The summed E-state index contributed by atoms with van der Waals surface area (Å²) < 4.78 is 44.0. The Morgan fingerprint density at radius 3 is 2.66 bits per heavy atom. The van der Waals surface area contributed by atoms with Gasteiger partial charge in [0, 0.05) is 30.5 Å². The van der Waals surface area contributed by atoms with Gasteiger partial charge in [-0.05, 0) is 36.4 Å². The molecule has 29 heavy (non-hydrogen) atoms. The van der Waals surface area contributed by atoms with E-state index in [1.54, 1.807) is 42.3 Å². The fourth-order valence-electron chi connectivity index (χ4n) is 3.70. The number of carbonyl (C=O) groups is 1. The number of methoxy groups -OCH3 is 1. The minimum absolute atomic E-state index is 0.124. The van der Waals surface area contributed by atoms with Gasteiger partial charge >= 0.3 is 6.18 Å². The molecule has 1 spiro atoms. The van der Waals surface area contributed by atoms with Crippen LogP contribution in [0.4, 0.5) is 13.2 Å². The van der Waals surface area contributed by atoms with Crippen LogP contribution in [0.15, 0.2) is 53.7 Å². The zero-order valence-corrected chi connectivity index (χ0v) is 15.7. The quantitative estimate of drug-likeness (QED) is 0.773. The maximum atomic E-state index is 13.0. The number of hydrogen-bond acceptors (Lipinski definition) is 4. The average molecular weight is 404 g/mol. The summed E-state index contributed by atoms with van der Waals surface area (Å²) in [6, 6.07) is 11.9. The van der Waals surface area contributed by atoms with Gasteiger partial charge in [0.2, 0.25) is 0 Å². The number of carbonyl (C=O) groups excluding carboxylic acids is 1. The van der Waals surface area contributed by atoms with E-state index in [-0.39, 0.29) is 5.91 Å². The minimum atomic E-state index is -4.41. The van der Waals surface area contributed by atoms with Gasteiger partial charge in [-0.25, -0.2) is 0 Å². The van der Waals surface area contributed by atoms with Crippen molar-refractivity contribution in [1.29, 1.82) is 0 Å². The Morgan fingerprint density at radius 2 is 1.97 bits per heavy atom. The fraction of sp³-hybridized carbons (Fsp3) is 0.333. The van der Waals surface area contributed by atoms with Gasteiger partial charge in [0.25, 0.3) is 5.91 Å². The largest absolute Gasteiger partial charge is 0.497 e. The molecule has 2 aromatic carbocycles. The van der Waals surface area contributed by atoms with Crippen LogP contribution in [-0.2, 0) is 11.0 Å². The summed E-state index contributed by atoms with van der Waals surface area (Å²) in [5, 5.41) is 4.05. The van der Waals surface area contributed by atoms with Gasteiger partial charge in [-0.2, -0.15) is 13.2 Å². The van der Waals surface area contributed by atoms with E-state index in [2.05, 4.69) is 5.16 Å². The van der Waals surface area contributed by atoms with Crippen LogP contribution in [0, 0.1) is 0 Å². The number of likely N-dealkylation sites (tertiary alicyclic amines) is 1. The Labute approximate surface area is 165 Å². The number of halogens is 3. The molecule has 1 amide bonds. The Kier molecular flexibility index (Phi) is 4.72. The summed E-state index contributed by atoms with van der Waals surface area (Å²) in [6.45, 7) is 0.833. The molecule has 0 bridgehead atoms. The van der Waals surface area contributed by atoms with E-state index in [1.165, 1.54) is 6.07 Å². The van der Waals surface area contributed by atoms with Crippen molar-refractivity contribution >= 4 is 11.6 Å². The second-order valence-corrected chi connectivity index (χ2v) is 7.27. The number of hydrogen-bond donors (Lipinski definition) is 0. The molecule has 5 nitrogen and oxygen atoms in total. The number of oxime groups is 1. The summed E-state index contributed by atoms with van der Waals surface area (Å²) in [4.78, 5) is 20.1. The topological polar surface area (TPSA) is 51.1 Å². The molecule has 1 unspecified atom stereocenters. The molecule has 2 aliphatic rings. The first-order chi connectivity index (χ1) is 13.8. The van der Waals surface area contributed by atoms with Crippen LogP contribution in [0.5, 0.6) is 5.75 Å². The molecular weight excluding hydrogens is 385 g/mol. The summed E-state index contributed by atoms with van der Waals surface area (Å²) in [5.74, 6) is 0.540. The van der Waals surface area contributed by atoms with Crippen LogP contribution in [0.25, 0.3) is 0 Å². The Balaban J connectivity index is 1.45. The number of nitrogens with zero attached hydrogens (tertiary/aromatic N) is 2. The van der Waals surface area contributed by atoms with Crippen molar-refractivity contribution < 1.29 is 27.5 Å². The Bertz CT molecular complexity index is 956. The molecule has 0 saturated carbocycles. The molecule has 4 rings (SSSR count). The third kappa shape index (κ3) is 3.79. The molecule has 0 aromatic heterocycles. The van der Waals surface area contributed by atoms with Gasteiger partial charge in [-0.1, -0.05) is 17.3 Å². The van der Waals surface area contributed by atoms with Crippen molar-refractivity contribution in [3.05, 3.63) is 65.2 Å². The van der Waals surface area contributed by atoms with Crippen molar-refractivity contribution in [3.63, 3.8) is 0 Å². The lowest BCUT2D eigenvalue weighted by molar-refractivity contribution is -0.137. The summed E-state index contributed by atoms with van der Waals surface area (Å²) in [5.41, 5.74) is -0.0150. The maximum absolute atomic E-state index is 13.0. The molecule has 2 heterocycles. The minimum Gasteiger partial charge on any atom is -0.497 e. The highest BCUT2D eigenvalue weighted by Crippen LogP contribution is 2.37. The number of amides is 1. The van der Waals surface area contributed by atoms with Crippen molar-refractivity contribution in [3.8, 4) is 5.75 Å². The molecule has 8 heteroatoms. The number of ether oxygens (including phenoxy) is 1. The van der Waals surface area contributed by atoms with Crippen molar-refractivity contribution in [2.45, 2.75) is 24.6 Å². The molecule has 0 aliphatic carbocycles. The SMILES string of the molecule is COc1ccc(C(=O)N2CCC3(CC(c4cccc(C(F)(F)F)c4)=NO3)C2)cc1. The van der Waals surface area contributed by atoms with E-state index in [0.29, 0.717) is 48.5 Å². The predicted molar refractivity (Wildman–Crippen MR) is 99.9 cm³/mol. The first-order valence-electron chi connectivity index (χ1n) is 9.16. The number of rotatable bonds is 3. The molecule has 152 valence electrons. The van der Waals surface area contributed by atoms with Crippen molar-refractivity contribution in [2.75, 3.05) is 20.2 Å². The molecule has 0 radical (unpaired) electrons. The fourth-order valence-corrected chi connectivity index (χ4v) is 3.70. The second kappa shape index (κ2) is 7.09. The standard InChI is InChI=1S/C21H19F3N2O3/c1-28-17-7-5-14(6-8-17)19(27)26-10-9-20(13-26)12-18(25-29-20)15-3-2-4-16(11-15)21(22,23)24/h2-8,11H,9-10,12-13H2,1H3. The third-order valence-electron chi connectivity index (χ3n) is 5.30. The van der Waals surface area contributed by atoms with E-state index in [9.17, 15) is 18.0 Å². The van der Waals surface area contributed by atoms with E-state index in [0.717, 1.165) is 12.1 Å². The van der Waals surface area contributed by atoms with Crippen LogP contribution >= 0.6 is 0 Å². The van der Waals surface area contributed by atoms with Crippen LogP contribution in [0.2, 0.25) is 0 Å². The normalized spacial score (nSPS) is 21.2. The highest BCUT2D eigenvalue weighted by molar-refractivity contribution is 6.02. The molecule has 1 saturated heterocycles. The maximum Gasteiger partial charge on any atom is 0.416 e. The third-order valence-corrected chi connectivity index (χ3v) is 5.30. The van der Waals surface area contributed by atoms with E-state index in [4.69, 9.17) is 9.57 Å². The van der Waals surface area contributed by atoms with E-state index in [1.807, 2.05) is 0 Å². The molecule has 1 fully saturated rings. The highest BCUT2D eigenvalue weighted by Gasteiger charge is 2.47. The summed E-state index contributed by atoms with van der Waals surface area (Å²) in [6.07, 6.45) is -3.48. The van der Waals surface area contributed by atoms with Gasteiger partial charge < -0.3 is 14.5 Å². The van der Waals surface area contributed by atoms with Gasteiger partial charge in [0.1, 0.15) is 5.75 Å². The first kappa shape index (κ1) is 19.3.